The number of halogens is 1. The third-order valence-electron chi connectivity index (χ3n) is 8.50. The lowest BCUT2D eigenvalue weighted by atomic mass is 9.94. The quantitative estimate of drug-likeness (QED) is 0.210. The molecule has 0 unspecified atom stereocenters. The molecule has 2 atom stereocenters. The van der Waals surface area contributed by atoms with E-state index in [4.69, 9.17) is 9.72 Å². The van der Waals surface area contributed by atoms with Crippen molar-refractivity contribution in [2.75, 3.05) is 26.8 Å². The van der Waals surface area contributed by atoms with Crippen LogP contribution in [0.1, 0.15) is 49.9 Å². The van der Waals surface area contributed by atoms with E-state index < -0.39 is 5.82 Å². The molecule has 6 rings (SSSR count). The normalized spacial score (nSPS) is 16.3. The summed E-state index contributed by atoms with van der Waals surface area (Å²) in [4.78, 5) is 35.8. The molecule has 43 heavy (non-hydrogen) atoms. The number of nitrogens with zero attached hydrogens (tertiary/aromatic N) is 4. The van der Waals surface area contributed by atoms with Crippen LogP contribution in [0.3, 0.4) is 0 Å². The number of carbonyl (C=O) groups is 1. The van der Waals surface area contributed by atoms with E-state index in [9.17, 15) is 14.0 Å². The van der Waals surface area contributed by atoms with E-state index in [1.54, 1.807) is 17.7 Å². The lowest BCUT2D eigenvalue weighted by Crippen LogP contribution is -2.40. The zero-order valence-electron chi connectivity index (χ0n) is 24.8. The Bertz CT molecular complexity index is 1790. The molecular weight excluding hydrogens is 545 g/mol. The first-order valence-corrected chi connectivity index (χ1v) is 15.1. The maximum absolute atomic E-state index is 13.6. The van der Waals surface area contributed by atoms with E-state index >= 15 is 0 Å². The van der Waals surface area contributed by atoms with Gasteiger partial charge in [-0.3, -0.25) is 9.36 Å². The molecule has 224 valence electrons. The maximum atomic E-state index is 13.6. The van der Waals surface area contributed by atoms with Gasteiger partial charge in [-0.15, -0.1) is 0 Å². The fraction of sp³-hybridized carbons (Fsp3) is 0.382. The van der Waals surface area contributed by atoms with Crippen molar-refractivity contribution in [3.8, 4) is 5.69 Å². The van der Waals surface area contributed by atoms with E-state index in [-0.39, 0.29) is 23.4 Å². The topological polar surface area (TPSA) is 85.1 Å². The SMILES string of the molecule is COCCCn1c([C@@H]2CCCN(C(=O)C[C@H](C)Cc3ccc(-n4c(=O)[nH]c5cc(F)ccc54)cc3)C2)nc2ccccc21. The summed E-state index contributed by atoms with van der Waals surface area (Å²) in [5.74, 6) is 1.24. The Labute approximate surface area is 250 Å². The number of H-pyrrole nitrogens is 1. The van der Waals surface area contributed by atoms with Crippen molar-refractivity contribution >= 4 is 28.0 Å². The molecule has 1 fully saturated rings. The number of amides is 1. The average Bonchev–Trinajstić information content (AvgIpc) is 3.54. The zero-order valence-corrected chi connectivity index (χ0v) is 24.8. The number of rotatable bonds is 10. The summed E-state index contributed by atoms with van der Waals surface area (Å²) in [5.41, 5.74) is 4.74. The highest BCUT2D eigenvalue weighted by molar-refractivity contribution is 5.78. The van der Waals surface area contributed by atoms with Crippen LogP contribution in [0, 0.1) is 11.7 Å². The Morgan fingerprint density at radius 2 is 1.93 bits per heavy atom. The van der Waals surface area contributed by atoms with E-state index in [0.717, 1.165) is 61.2 Å². The van der Waals surface area contributed by atoms with Crippen molar-refractivity contribution in [3.05, 3.63) is 94.4 Å². The Morgan fingerprint density at radius 3 is 2.74 bits per heavy atom. The number of piperidine rings is 1. The number of likely N-dealkylation sites (tertiary alicyclic amines) is 1. The molecule has 5 aromatic rings. The van der Waals surface area contributed by atoms with Crippen LogP contribution in [0.2, 0.25) is 0 Å². The fourth-order valence-corrected chi connectivity index (χ4v) is 6.45. The van der Waals surface area contributed by atoms with E-state index in [1.165, 1.54) is 12.1 Å². The van der Waals surface area contributed by atoms with Crippen LogP contribution in [0.5, 0.6) is 0 Å². The van der Waals surface area contributed by atoms with Gasteiger partial charge in [-0.05, 0) is 79.6 Å². The predicted octanol–water partition coefficient (Wildman–Crippen LogP) is 5.82. The van der Waals surface area contributed by atoms with Gasteiger partial charge in [0.15, 0.2) is 0 Å². The summed E-state index contributed by atoms with van der Waals surface area (Å²) in [6.45, 7) is 5.13. The summed E-state index contributed by atoms with van der Waals surface area (Å²) in [5, 5.41) is 0. The Balaban J connectivity index is 1.10. The molecule has 0 aliphatic carbocycles. The van der Waals surface area contributed by atoms with Gasteiger partial charge in [-0.25, -0.2) is 14.2 Å². The molecule has 3 aromatic carbocycles. The Morgan fingerprint density at radius 1 is 1.12 bits per heavy atom. The largest absolute Gasteiger partial charge is 0.385 e. The third kappa shape index (κ3) is 6.13. The zero-order chi connectivity index (χ0) is 29.9. The number of aromatic amines is 1. The van der Waals surface area contributed by atoms with Gasteiger partial charge in [-0.2, -0.15) is 0 Å². The third-order valence-corrected chi connectivity index (χ3v) is 8.50. The van der Waals surface area contributed by atoms with Gasteiger partial charge in [0, 0.05) is 45.7 Å². The average molecular weight is 584 g/mol. The second-order valence-corrected chi connectivity index (χ2v) is 11.7. The van der Waals surface area contributed by atoms with Crippen molar-refractivity contribution in [2.24, 2.45) is 5.92 Å². The number of imidazole rings is 2. The molecule has 8 nitrogen and oxygen atoms in total. The van der Waals surface area contributed by atoms with Crippen LogP contribution < -0.4 is 5.69 Å². The minimum absolute atomic E-state index is 0.163. The molecule has 0 radical (unpaired) electrons. The number of methoxy groups -OCH3 is 1. The highest BCUT2D eigenvalue weighted by atomic mass is 19.1. The molecule has 0 bridgehead atoms. The standard InChI is InChI=1S/C34H38FN5O3/c1-23(19-24-10-13-27(14-11-24)40-31-15-12-26(35)21-29(31)37-34(40)42)20-32(41)38-16-5-7-25(22-38)33-36-28-8-3-4-9-30(28)39(33)17-6-18-43-2/h3-4,8-15,21,23,25H,5-7,16-20,22H2,1-2H3,(H,37,42)/t23-,25-/m1/s1. The van der Waals surface area contributed by atoms with Crippen molar-refractivity contribution in [1.29, 1.82) is 0 Å². The second-order valence-electron chi connectivity index (χ2n) is 11.7. The highest BCUT2D eigenvalue weighted by Crippen LogP contribution is 2.30. The number of nitrogens with one attached hydrogen (secondary N) is 1. The van der Waals surface area contributed by atoms with Gasteiger partial charge in [0.1, 0.15) is 11.6 Å². The monoisotopic (exact) mass is 583 g/mol. The van der Waals surface area contributed by atoms with E-state index in [2.05, 4.69) is 34.7 Å². The Kier molecular flexibility index (Phi) is 8.42. The van der Waals surface area contributed by atoms with Crippen LogP contribution in [0.4, 0.5) is 4.39 Å². The van der Waals surface area contributed by atoms with Crippen molar-refractivity contribution in [2.45, 2.75) is 51.5 Å². The molecule has 9 heteroatoms. The molecule has 0 spiro atoms. The maximum Gasteiger partial charge on any atom is 0.331 e. The summed E-state index contributed by atoms with van der Waals surface area (Å²) in [6, 6.07) is 20.3. The predicted molar refractivity (Wildman–Crippen MR) is 166 cm³/mol. The molecule has 0 saturated carbocycles. The first-order chi connectivity index (χ1) is 20.9. The molecule has 1 saturated heterocycles. The molecule has 1 N–H and O–H groups in total. The van der Waals surface area contributed by atoms with Crippen LogP contribution in [-0.2, 0) is 22.5 Å². The molecule has 1 aliphatic rings. The first-order valence-electron chi connectivity index (χ1n) is 15.1. The molecule has 1 amide bonds. The second kappa shape index (κ2) is 12.6. The van der Waals surface area contributed by atoms with Gasteiger partial charge >= 0.3 is 5.69 Å². The fourth-order valence-electron chi connectivity index (χ4n) is 6.45. The number of hydrogen-bond acceptors (Lipinski definition) is 4. The summed E-state index contributed by atoms with van der Waals surface area (Å²) < 4.78 is 22.8. The van der Waals surface area contributed by atoms with Gasteiger partial charge in [0.2, 0.25) is 5.91 Å². The van der Waals surface area contributed by atoms with Crippen molar-refractivity contribution in [3.63, 3.8) is 0 Å². The minimum atomic E-state index is -0.391. The van der Waals surface area contributed by atoms with Gasteiger partial charge < -0.3 is 19.2 Å². The van der Waals surface area contributed by atoms with Gasteiger partial charge in [-0.1, -0.05) is 31.2 Å². The molecule has 3 heterocycles. The van der Waals surface area contributed by atoms with Crippen molar-refractivity contribution < 1.29 is 13.9 Å². The smallest absolute Gasteiger partial charge is 0.331 e. The van der Waals surface area contributed by atoms with Crippen LogP contribution in [0.25, 0.3) is 27.8 Å². The number of benzene rings is 3. The number of fused-ring (bicyclic) bond motifs is 2. The minimum Gasteiger partial charge on any atom is -0.385 e. The Hall–Kier alpha value is -4.24. The van der Waals surface area contributed by atoms with Crippen LogP contribution >= 0.6 is 0 Å². The highest BCUT2D eigenvalue weighted by Gasteiger charge is 2.29. The van der Waals surface area contributed by atoms with Crippen molar-refractivity contribution in [1.82, 2.24) is 24.0 Å². The van der Waals surface area contributed by atoms with Crippen LogP contribution in [0.15, 0.2) is 71.5 Å². The number of aryl methyl sites for hydroxylation is 1. The number of para-hydroxylation sites is 2. The molecular formula is C34H38FN5O3. The number of ether oxygens (including phenoxy) is 1. The molecule has 1 aliphatic heterocycles. The van der Waals surface area contributed by atoms with Gasteiger partial charge in [0.25, 0.3) is 0 Å². The number of aromatic nitrogens is 4. The number of hydrogen-bond donors (Lipinski definition) is 1. The first kappa shape index (κ1) is 28.9. The summed E-state index contributed by atoms with van der Waals surface area (Å²) >= 11 is 0. The summed E-state index contributed by atoms with van der Waals surface area (Å²) in [7, 11) is 1.73. The van der Waals surface area contributed by atoms with E-state index in [1.807, 2.05) is 35.2 Å². The lowest BCUT2D eigenvalue weighted by molar-refractivity contribution is -0.133. The molecule has 2 aromatic heterocycles. The van der Waals surface area contributed by atoms with E-state index in [0.29, 0.717) is 36.3 Å². The van der Waals surface area contributed by atoms with Crippen LogP contribution in [-0.4, -0.2) is 56.7 Å². The summed E-state index contributed by atoms with van der Waals surface area (Å²) in [6.07, 6.45) is 4.14. The lowest BCUT2D eigenvalue weighted by Gasteiger charge is -2.33. The number of carbonyl (C=O) groups excluding carboxylic acids is 1. The van der Waals surface area contributed by atoms with Gasteiger partial charge in [0.05, 0.1) is 27.8 Å².